The van der Waals surface area contributed by atoms with Crippen molar-refractivity contribution in [2.45, 2.75) is 0 Å². The van der Waals surface area contributed by atoms with E-state index in [0.29, 0.717) is 55.0 Å². The third kappa shape index (κ3) is 12.2. The van der Waals surface area contributed by atoms with Crippen LogP contribution in [0.1, 0.15) is 21.0 Å². The van der Waals surface area contributed by atoms with E-state index in [-0.39, 0.29) is 23.1 Å². The van der Waals surface area contributed by atoms with Crippen molar-refractivity contribution in [3.05, 3.63) is 172 Å². The van der Waals surface area contributed by atoms with Gasteiger partial charge in [-0.15, -0.1) is 0 Å². The Morgan fingerprint density at radius 1 is 0.426 bits per heavy atom. The standard InChI is InChI=1S/C24H16Br2N4O4.C12H10B2Br2O4.C12H8Br2/c1-33-23-19(11-31)27-9-17(29-23)15-7-3-5-13(21(15)25)14-6-4-8-16(22(14)26)18-10-28-20(12-32)24(30-18)34-2;15-11-7(3-1-5-9(11)13(17)18)8-4-2-6-10(12(8)16)14(19)20;13-11-7-3-1-5-9(11)10-6-2-4-8-12(10)14/h3-12H,1-2H3;1-6,17-20H;1-8H. The molecule has 20 heteroatoms. The van der Waals surface area contributed by atoms with Crippen molar-refractivity contribution in [1.82, 2.24) is 19.9 Å². The first-order valence-corrected chi connectivity index (χ1v) is 24.6. The van der Waals surface area contributed by atoms with Crippen molar-refractivity contribution in [3.8, 4) is 67.7 Å². The molecule has 0 aliphatic heterocycles. The maximum absolute atomic E-state index is 11.2. The summed E-state index contributed by atoms with van der Waals surface area (Å²) in [5.74, 6) is 0.304. The number of halogens is 6. The van der Waals surface area contributed by atoms with Crippen LogP contribution in [-0.4, -0.2) is 81.1 Å². The zero-order chi connectivity index (χ0) is 49.1. The number of nitrogens with zero attached hydrogens (tertiary/aromatic N) is 4. The minimum atomic E-state index is -1.59. The van der Waals surface area contributed by atoms with Gasteiger partial charge < -0.3 is 29.6 Å². The van der Waals surface area contributed by atoms with Gasteiger partial charge in [0.15, 0.2) is 24.0 Å². The monoisotopic (exact) mass is 1290 g/mol. The normalized spacial score (nSPS) is 10.5. The summed E-state index contributed by atoms with van der Waals surface area (Å²) in [5.41, 5.74) is 9.18. The highest BCUT2D eigenvalue weighted by molar-refractivity contribution is 9.11. The summed E-state index contributed by atoms with van der Waals surface area (Å²) in [6.45, 7) is 0. The van der Waals surface area contributed by atoms with Gasteiger partial charge in [0.25, 0.3) is 0 Å². The van der Waals surface area contributed by atoms with Crippen molar-refractivity contribution in [3.63, 3.8) is 0 Å². The van der Waals surface area contributed by atoms with Gasteiger partial charge in [0, 0.05) is 38.0 Å². The minimum Gasteiger partial charge on any atom is -0.479 e. The predicted molar refractivity (Wildman–Crippen MR) is 287 cm³/mol. The fourth-order valence-corrected chi connectivity index (χ4v) is 10.4. The van der Waals surface area contributed by atoms with Crippen molar-refractivity contribution in [1.29, 1.82) is 0 Å². The number of methoxy groups -OCH3 is 2. The van der Waals surface area contributed by atoms with E-state index < -0.39 is 14.2 Å². The van der Waals surface area contributed by atoms with E-state index in [0.717, 1.165) is 40.1 Å². The first-order valence-electron chi connectivity index (χ1n) is 19.8. The summed E-state index contributed by atoms with van der Waals surface area (Å²) in [6.07, 6.45) is 4.25. The molecule has 0 spiro atoms. The highest BCUT2D eigenvalue weighted by atomic mass is 79.9. The van der Waals surface area contributed by atoms with Gasteiger partial charge in [-0.1, -0.05) is 173 Å². The third-order valence-corrected chi connectivity index (χ3v) is 14.8. The van der Waals surface area contributed by atoms with Crippen LogP contribution in [0.5, 0.6) is 11.8 Å². The van der Waals surface area contributed by atoms with Crippen LogP contribution in [0.4, 0.5) is 0 Å². The van der Waals surface area contributed by atoms with E-state index in [1.807, 2.05) is 60.7 Å². The molecule has 0 fully saturated rings. The van der Waals surface area contributed by atoms with Crippen molar-refractivity contribution >= 4 is 133 Å². The Balaban J connectivity index is 0.000000188. The molecule has 8 rings (SSSR count). The highest BCUT2D eigenvalue weighted by Gasteiger charge is 2.22. The number of ether oxygens (including phenoxy) is 2. The average Bonchev–Trinajstić information content (AvgIpc) is 3.34. The number of carbonyl (C=O) groups is 2. The van der Waals surface area contributed by atoms with E-state index in [1.54, 1.807) is 36.4 Å². The van der Waals surface area contributed by atoms with Gasteiger partial charge in [0.2, 0.25) is 11.8 Å². The minimum absolute atomic E-state index is 0.131. The molecule has 6 aromatic carbocycles. The van der Waals surface area contributed by atoms with Crippen molar-refractivity contribution < 1.29 is 39.2 Å². The van der Waals surface area contributed by atoms with Crippen molar-refractivity contribution in [2.75, 3.05) is 14.2 Å². The Morgan fingerprint density at radius 2 is 0.735 bits per heavy atom. The maximum Gasteiger partial charge on any atom is 0.489 e. The summed E-state index contributed by atoms with van der Waals surface area (Å²) in [5, 5.41) is 37.3. The molecular formula is C48H34B2Br6N4O8. The van der Waals surface area contributed by atoms with Crippen molar-refractivity contribution in [2.24, 2.45) is 0 Å². The molecule has 0 radical (unpaired) electrons. The van der Waals surface area contributed by atoms with E-state index in [1.165, 1.54) is 37.7 Å². The molecule has 2 aromatic heterocycles. The molecule has 0 aliphatic carbocycles. The topological polar surface area (TPSA) is 185 Å². The maximum atomic E-state index is 11.2. The van der Waals surface area contributed by atoms with Gasteiger partial charge in [0.05, 0.1) is 38.0 Å². The number of hydrogen-bond donors (Lipinski definition) is 4. The average molecular weight is 1300 g/mol. The number of benzene rings is 6. The van der Waals surface area contributed by atoms with Crippen LogP contribution in [0, 0.1) is 0 Å². The Labute approximate surface area is 442 Å². The molecule has 0 saturated carbocycles. The number of rotatable bonds is 11. The predicted octanol–water partition coefficient (Wildman–Crippen LogP) is 10.6. The Kier molecular flexibility index (Phi) is 19.1. The smallest absolute Gasteiger partial charge is 0.479 e. The fraction of sp³-hybridized carbons (Fsp3) is 0.0417. The first-order chi connectivity index (χ1) is 32.7. The fourth-order valence-electron chi connectivity index (χ4n) is 6.63. The largest absolute Gasteiger partial charge is 0.489 e. The van der Waals surface area contributed by atoms with E-state index in [4.69, 9.17) is 9.47 Å². The Morgan fingerprint density at radius 3 is 1.06 bits per heavy atom. The first kappa shape index (κ1) is 52.6. The van der Waals surface area contributed by atoms with Gasteiger partial charge >= 0.3 is 14.2 Å². The second-order valence-electron chi connectivity index (χ2n) is 14.0. The Bertz CT molecular complexity index is 2910. The second-order valence-corrected chi connectivity index (χ2v) is 18.9. The molecule has 68 heavy (non-hydrogen) atoms. The lowest BCUT2D eigenvalue weighted by atomic mass is 9.77. The number of hydrogen-bond acceptors (Lipinski definition) is 12. The van der Waals surface area contributed by atoms with E-state index >= 15 is 0 Å². The van der Waals surface area contributed by atoms with Gasteiger partial charge in [-0.05, 0) is 88.3 Å². The molecule has 0 bridgehead atoms. The highest BCUT2D eigenvalue weighted by Crippen LogP contribution is 2.42. The molecule has 12 nitrogen and oxygen atoms in total. The summed E-state index contributed by atoms with van der Waals surface area (Å²) in [7, 11) is -0.299. The number of aldehydes is 2. The quantitative estimate of drug-likeness (QED) is 0.0711. The zero-order valence-corrected chi connectivity index (χ0v) is 45.0. The molecule has 4 N–H and O–H groups in total. The summed E-state index contributed by atoms with van der Waals surface area (Å²) in [4.78, 5) is 39.5. The molecule has 0 atom stereocenters. The van der Waals surface area contributed by atoms with Crippen LogP contribution >= 0.6 is 95.6 Å². The van der Waals surface area contributed by atoms with Crippen LogP contribution in [0.3, 0.4) is 0 Å². The molecule has 0 amide bonds. The molecule has 0 unspecified atom stereocenters. The van der Waals surface area contributed by atoms with E-state index in [9.17, 15) is 29.7 Å². The lowest BCUT2D eigenvalue weighted by Crippen LogP contribution is -2.32. The summed E-state index contributed by atoms with van der Waals surface area (Å²) >= 11 is 21.2. The van der Waals surface area contributed by atoms with Gasteiger partial charge in [-0.2, -0.15) is 0 Å². The Hall–Kier alpha value is -4.73. The lowest BCUT2D eigenvalue weighted by molar-refractivity contribution is 0.110. The van der Waals surface area contributed by atoms with Crippen LogP contribution in [0.2, 0.25) is 0 Å². The molecular weight excluding hydrogens is 1260 g/mol. The van der Waals surface area contributed by atoms with Gasteiger partial charge in [0.1, 0.15) is 0 Å². The van der Waals surface area contributed by atoms with Gasteiger partial charge in [-0.25, -0.2) is 19.9 Å². The molecule has 0 aliphatic rings. The van der Waals surface area contributed by atoms with Crippen LogP contribution < -0.4 is 20.4 Å². The summed E-state index contributed by atoms with van der Waals surface area (Å²) < 4.78 is 15.3. The van der Waals surface area contributed by atoms with Gasteiger partial charge in [-0.3, -0.25) is 9.59 Å². The summed E-state index contributed by atoms with van der Waals surface area (Å²) in [6, 6.07) is 38.1. The molecule has 2 heterocycles. The number of aromatic nitrogens is 4. The van der Waals surface area contributed by atoms with Crippen LogP contribution in [-0.2, 0) is 0 Å². The lowest BCUT2D eigenvalue weighted by Gasteiger charge is -2.14. The van der Waals surface area contributed by atoms with E-state index in [2.05, 4.69) is 140 Å². The third-order valence-electron chi connectivity index (χ3n) is 9.93. The van der Waals surface area contributed by atoms with Crippen LogP contribution in [0.15, 0.2) is 161 Å². The van der Waals surface area contributed by atoms with Crippen LogP contribution in [0.25, 0.3) is 55.9 Å². The molecule has 342 valence electrons. The SMILES string of the molecule is Brc1ccccc1-c1ccccc1Br.COc1nc(-c2cccc(-c3cccc(-c4cnc(C=O)c(OC)n4)c3Br)c2Br)cnc1C=O.OB(O)c1cccc(-c2cccc(B(O)O)c2Br)c1Br. The molecule has 8 aromatic rings. The number of carbonyl (C=O) groups excluding carboxylic acids is 2. The second kappa shape index (κ2) is 24.7. The zero-order valence-electron chi connectivity index (χ0n) is 35.5. The molecule has 0 saturated heterocycles.